The van der Waals surface area contributed by atoms with Crippen molar-refractivity contribution in [1.82, 2.24) is 0 Å². The summed E-state index contributed by atoms with van der Waals surface area (Å²) in [6.07, 6.45) is 0. The Morgan fingerprint density at radius 1 is 1.10 bits per heavy atom. The summed E-state index contributed by atoms with van der Waals surface area (Å²) in [5, 5.41) is 9.87. The SMILES string of the molecule is CN(C)c1ccc(C2Sc3cc(O)ccc3N2C)cc1. The Kier molecular flexibility index (Phi) is 3.26. The Balaban J connectivity index is 1.89. The first kappa shape index (κ1) is 13.2. The smallest absolute Gasteiger partial charge is 0.116 e. The third kappa shape index (κ3) is 2.20. The zero-order chi connectivity index (χ0) is 14.3. The molecule has 0 spiro atoms. The Morgan fingerprint density at radius 3 is 2.45 bits per heavy atom. The zero-order valence-corrected chi connectivity index (χ0v) is 12.7. The van der Waals surface area contributed by atoms with Crippen LogP contribution in [0.25, 0.3) is 0 Å². The number of anilines is 2. The number of phenols is 1. The minimum atomic E-state index is 0.267. The third-order valence-electron chi connectivity index (χ3n) is 3.61. The van der Waals surface area contributed by atoms with E-state index in [4.69, 9.17) is 0 Å². The van der Waals surface area contributed by atoms with Crippen molar-refractivity contribution in [3.05, 3.63) is 48.0 Å². The number of fused-ring (bicyclic) bond motifs is 1. The number of nitrogens with zero attached hydrogens (tertiary/aromatic N) is 2. The van der Waals surface area contributed by atoms with Crippen molar-refractivity contribution < 1.29 is 5.11 Å². The lowest BCUT2D eigenvalue weighted by atomic mass is 10.1. The number of thioether (sulfide) groups is 1. The summed E-state index contributed by atoms with van der Waals surface area (Å²) in [7, 11) is 6.19. The largest absolute Gasteiger partial charge is 0.508 e. The summed E-state index contributed by atoms with van der Waals surface area (Å²) < 4.78 is 0. The highest BCUT2D eigenvalue weighted by Gasteiger charge is 2.28. The number of hydrogen-bond donors (Lipinski definition) is 1. The molecule has 3 nitrogen and oxygen atoms in total. The Labute approximate surface area is 123 Å². The van der Waals surface area contributed by atoms with Gasteiger partial charge in [0, 0.05) is 31.7 Å². The van der Waals surface area contributed by atoms with Crippen LogP contribution in [0.2, 0.25) is 0 Å². The van der Waals surface area contributed by atoms with Gasteiger partial charge < -0.3 is 14.9 Å². The van der Waals surface area contributed by atoms with Crippen molar-refractivity contribution in [1.29, 1.82) is 0 Å². The summed E-state index contributed by atoms with van der Waals surface area (Å²) >= 11 is 1.78. The van der Waals surface area contributed by atoms with Crippen LogP contribution in [-0.4, -0.2) is 26.2 Å². The van der Waals surface area contributed by atoms with Crippen molar-refractivity contribution >= 4 is 23.1 Å². The first-order valence-electron chi connectivity index (χ1n) is 6.56. The summed E-state index contributed by atoms with van der Waals surface area (Å²) in [6.45, 7) is 0. The molecule has 20 heavy (non-hydrogen) atoms. The fourth-order valence-electron chi connectivity index (χ4n) is 2.44. The molecule has 0 aromatic heterocycles. The lowest BCUT2D eigenvalue weighted by Gasteiger charge is -2.22. The quantitative estimate of drug-likeness (QED) is 0.910. The summed E-state index contributed by atoms with van der Waals surface area (Å²) in [6, 6.07) is 14.2. The molecule has 1 atom stereocenters. The van der Waals surface area contributed by atoms with Gasteiger partial charge in [0.15, 0.2) is 0 Å². The second-order valence-corrected chi connectivity index (χ2v) is 6.34. The van der Waals surface area contributed by atoms with E-state index < -0.39 is 0 Å². The molecular weight excluding hydrogens is 268 g/mol. The van der Waals surface area contributed by atoms with Crippen molar-refractivity contribution in [2.24, 2.45) is 0 Å². The Hall–Kier alpha value is -1.81. The third-order valence-corrected chi connectivity index (χ3v) is 5.00. The second-order valence-electron chi connectivity index (χ2n) is 5.22. The Morgan fingerprint density at radius 2 is 1.80 bits per heavy atom. The summed E-state index contributed by atoms with van der Waals surface area (Å²) in [4.78, 5) is 5.49. The molecule has 0 amide bonds. The molecule has 0 fully saturated rings. The van der Waals surface area contributed by atoms with Gasteiger partial charge in [-0.2, -0.15) is 0 Å². The molecule has 1 unspecified atom stereocenters. The molecule has 0 bridgehead atoms. The van der Waals surface area contributed by atoms with Crippen molar-refractivity contribution in [3.8, 4) is 5.75 Å². The molecular formula is C16H18N2OS. The highest BCUT2D eigenvalue weighted by molar-refractivity contribution is 8.00. The molecule has 1 aliphatic heterocycles. The molecule has 2 aromatic carbocycles. The van der Waals surface area contributed by atoms with E-state index in [1.165, 1.54) is 16.9 Å². The molecule has 0 aliphatic carbocycles. The van der Waals surface area contributed by atoms with Gasteiger partial charge in [-0.15, -0.1) is 0 Å². The normalized spacial score (nSPS) is 17.1. The van der Waals surface area contributed by atoms with Crippen LogP contribution < -0.4 is 9.80 Å². The van der Waals surface area contributed by atoms with Gasteiger partial charge in [-0.3, -0.25) is 0 Å². The van der Waals surface area contributed by atoms with Crippen LogP contribution in [0.3, 0.4) is 0 Å². The number of hydrogen-bond acceptors (Lipinski definition) is 4. The van der Waals surface area contributed by atoms with Gasteiger partial charge in [0.25, 0.3) is 0 Å². The predicted molar refractivity (Wildman–Crippen MR) is 85.9 cm³/mol. The van der Waals surface area contributed by atoms with Crippen molar-refractivity contribution in [2.45, 2.75) is 10.3 Å². The van der Waals surface area contributed by atoms with Crippen LogP contribution in [0.4, 0.5) is 11.4 Å². The molecule has 3 rings (SSSR count). The molecule has 4 heteroatoms. The number of rotatable bonds is 2. The molecule has 104 valence electrons. The first-order valence-corrected chi connectivity index (χ1v) is 7.44. The molecule has 1 aliphatic rings. The van der Waals surface area contributed by atoms with Crippen molar-refractivity contribution in [3.63, 3.8) is 0 Å². The molecule has 0 saturated heterocycles. The standard InChI is InChI=1S/C16H18N2OS/c1-17(2)12-6-4-11(5-7-12)16-18(3)14-9-8-13(19)10-15(14)20-16/h4-10,16,19H,1-3H3. The van der Waals surface area contributed by atoms with E-state index in [1.54, 1.807) is 17.8 Å². The van der Waals surface area contributed by atoms with Gasteiger partial charge in [0.2, 0.25) is 0 Å². The molecule has 1 N–H and O–H groups in total. The van der Waals surface area contributed by atoms with Crippen LogP contribution in [0, 0.1) is 0 Å². The van der Waals surface area contributed by atoms with Gasteiger partial charge in [-0.05, 0) is 35.9 Å². The average Bonchev–Trinajstić information content (AvgIpc) is 2.75. The maximum Gasteiger partial charge on any atom is 0.116 e. The van der Waals surface area contributed by atoms with Gasteiger partial charge in [-0.25, -0.2) is 0 Å². The highest BCUT2D eigenvalue weighted by atomic mass is 32.2. The average molecular weight is 286 g/mol. The maximum atomic E-state index is 9.60. The van der Waals surface area contributed by atoms with E-state index in [0.29, 0.717) is 5.75 Å². The summed E-state index contributed by atoms with van der Waals surface area (Å²) in [5.74, 6) is 0.327. The van der Waals surface area contributed by atoms with Gasteiger partial charge in [-0.1, -0.05) is 23.9 Å². The van der Waals surface area contributed by atoms with Crippen LogP contribution in [-0.2, 0) is 0 Å². The maximum absolute atomic E-state index is 9.60. The lowest BCUT2D eigenvalue weighted by molar-refractivity contribution is 0.474. The van der Waals surface area contributed by atoms with E-state index in [2.05, 4.69) is 41.1 Å². The number of phenolic OH excluding ortho intramolecular Hbond substituents is 1. The van der Waals surface area contributed by atoms with E-state index in [-0.39, 0.29) is 5.37 Å². The van der Waals surface area contributed by atoms with Gasteiger partial charge in [0.1, 0.15) is 11.1 Å². The first-order chi connectivity index (χ1) is 9.56. The van der Waals surface area contributed by atoms with Crippen molar-refractivity contribution in [2.75, 3.05) is 30.9 Å². The van der Waals surface area contributed by atoms with E-state index in [1.807, 2.05) is 26.2 Å². The number of benzene rings is 2. The fourth-order valence-corrected chi connectivity index (χ4v) is 3.77. The van der Waals surface area contributed by atoms with Crippen LogP contribution in [0.15, 0.2) is 47.4 Å². The molecule has 0 saturated carbocycles. The van der Waals surface area contributed by atoms with Crippen LogP contribution >= 0.6 is 11.8 Å². The minimum Gasteiger partial charge on any atom is -0.508 e. The highest BCUT2D eigenvalue weighted by Crippen LogP contribution is 2.51. The van der Waals surface area contributed by atoms with E-state index in [0.717, 1.165) is 4.90 Å². The second kappa shape index (κ2) is 4.94. The predicted octanol–water partition coefficient (Wildman–Crippen LogP) is 3.70. The van der Waals surface area contributed by atoms with Crippen LogP contribution in [0.5, 0.6) is 5.75 Å². The topological polar surface area (TPSA) is 26.7 Å². The zero-order valence-electron chi connectivity index (χ0n) is 11.9. The van der Waals surface area contributed by atoms with E-state index in [9.17, 15) is 5.11 Å². The minimum absolute atomic E-state index is 0.267. The molecule has 1 heterocycles. The van der Waals surface area contributed by atoms with E-state index >= 15 is 0 Å². The Bertz CT molecular complexity index is 625. The lowest BCUT2D eigenvalue weighted by Crippen LogP contribution is -2.17. The fraction of sp³-hybridized carbons (Fsp3) is 0.250. The molecule has 2 aromatic rings. The van der Waals surface area contributed by atoms with Gasteiger partial charge in [0.05, 0.1) is 5.69 Å². The van der Waals surface area contributed by atoms with Gasteiger partial charge >= 0.3 is 0 Å². The number of aromatic hydroxyl groups is 1. The molecule has 0 radical (unpaired) electrons. The van der Waals surface area contributed by atoms with Crippen LogP contribution in [0.1, 0.15) is 10.9 Å². The summed E-state index contributed by atoms with van der Waals surface area (Å²) in [5.41, 5.74) is 3.66. The monoisotopic (exact) mass is 286 g/mol.